The lowest BCUT2D eigenvalue weighted by molar-refractivity contribution is 0.0475. The van der Waals surface area contributed by atoms with Crippen molar-refractivity contribution in [3.05, 3.63) is 51.8 Å². The minimum Gasteiger partial charge on any atom is -0.454 e. The smallest absolute Gasteiger partial charge is 0.340 e. The lowest BCUT2D eigenvalue weighted by atomic mass is 10.1. The second-order valence-corrected chi connectivity index (χ2v) is 7.20. The second-order valence-electron chi connectivity index (χ2n) is 6.76. The average Bonchev–Trinajstić information content (AvgIpc) is 3.23. The van der Waals surface area contributed by atoms with E-state index >= 15 is 0 Å². The van der Waals surface area contributed by atoms with Crippen LogP contribution < -0.4 is 5.73 Å². The topological polar surface area (TPSA) is 83.5 Å². The van der Waals surface area contributed by atoms with Crippen LogP contribution in [0, 0.1) is 13.8 Å². The Morgan fingerprint density at radius 1 is 1.30 bits per heavy atom. The second kappa shape index (κ2) is 8.15. The van der Waals surface area contributed by atoms with Crippen LogP contribution in [0.15, 0.2) is 24.3 Å². The summed E-state index contributed by atoms with van der Waals surface area (Å²) in [5.41, 5.74) is 8.59. The van der Waals surface area contributed by atoms with Gasteiger partial charge in [0.15, 0.2) is 6.61 Å². The van der Waals surface area contributed by atoms with Crippen LogP contribution >= 0.6 is 11.6 Å². The Bertz CT molecular complexity index is 869. The molecular formula is C20H23ClN2O4. The molecule has 0 aliphatic carbocycles. The number of Topliss-reactive ketones (excluding diaryl/α,β-unsaturated/α-hetero) is 1. The summed E-state index contributed by atoms with van der Waals surface area (Å²) in [6.07, 6.45) is 2.28. The fourth-order valence-electron chi connectivity index (χ4n) is 3.36. The molecule has 27 heavy (non-hydrogen) atoms. The van der Waals surface area contributed by atoms with E-state index in [1.54, 1.807) is 6.07 Å². The van der Waals surface area contributed by atoms with Crippen LogP contribution in [0.25, 0.3) is 0 Å². The zero-order chi connectivity index (χ0) is 19.6. The molecule has 0 radical (unpaired) electrons. The van der Waals surface area contributed by atoms with Gasteiger partial charge >= 0.3 is 5.97 Å². The number of carbonyl (C=O) groups is 2. The Hall–Kier alpha value is -2.31. The third kappa shape index (κ3) is 4.34. The van der Waals surface area contributed by atoms with Crippen LogP contribution in [0.4, 0.5) is 5.69 Å². The standard InChI is InChI=1S/C20H23ClN2O4/c1-12-8-17(13(2)23(12)10-15-4-3-7-26-15)19(24)11-27-20(25)16-6-5-14(21)9-18(16)22/h5-6,8-9,15H,3-4,7,10-11,22H2,1-2H3/t15-/m1/s1. The molecule has 2 heterocycles. The number of hydrogen-bond acceptors (Lipinski definition) is 5. The summed E-state index contributed by atoms with van der Waals surface area (Å²) in [6.45, 7) is 5.03. The predicted molar refractivity (Wildman–Crippen MR) is 103 cm³/mol. The number of aryl methyl sites for hydroxylation is 1. The number of nitrogen functional groups attached to an aromatic ring is 1. The molecule has 1 saturated heterocycles. The molecule has 1 aliphatic heterocycles. The van der Waals surface area contributed by atoms with Crippen molar-refractivity contribution in [3.63, 3.8) is 0 Å². The highest BCUT2D eigenvalue weighted by Gasteiger charge is 2.22. The van der Waals surface area contributed by atoms with E-state index in [1.807, 2.05) is 19.9 Å². The Balaban J connectivity index is 1.66. The van der Waals surface area contributed by atoms with E-state index in [9.17, 15) is 9.59 Å². The normalized spacial score (nSPS) is 16.5. The number of esters is 1. The average molecular weight is 391 g/mol. The molecule has 0 unspecified atom stereocenters. The lowest BCUT2D eigenvalue weighted by Gasteiger charge is -2.14. The van der Waals surface area contributed by atoms with Crippen molar-refractivity contribution in [2.45, 2.75) is 39.3 Å². The van der Waals surface area contributed by atoms with Gasteiger partial charge in [-0.05, 0) is 51.0 Å². The van der Waals surface area contributed by atoms with Crippen molar-refractivity contribution < 1.29 is 19.1 Å². The molecule has 0 saturated carbocycles. The molecule has 6 nitrogen and oxygen atoms in total. The number of nitrogens with two attached hydrogens (primary N) is 1. The van der Waals surface area contributed by atoms with E-state index in [-0.39, 0.29) is 29.7 Å². The molecule has 0 amide bonds. The van der Waals surface area contributed by atoms with Gasteiger partial charge in [-0.1, -0.05) is 11.6 Å². The monoisotopic (exact) mass is 390 g/mol. The molecule has 0 spiro atoms. The van der Waals surface area contributed by atoms with Gasteiger partial charge in [0, 0.05) is 40.8 Å². The van der Waals surface area contributed by atoms with Gasteiger partial charge in [0.2, 0.25) is 5.78 Å². The van der Waals surface area contributed by atoms with Crippen molar-refractivity contribution in [2.75, 3.05) is 18.9 Å². The van der Waals surface area contributed by atoms with Crippen LogP contribution in [-0.2, 0) is 16.0 Å². The summed E-state index contributed by atoms with van der Waals surface area (Å²) >= 11 is 5.83. The van der Waals surface area contributed by atoms with Gasteiger partial charge in [-0.15, -0.1) is 0 Å². The fourth-order valence-corrected chi connectivity index (χ4v) is 3.54. The number of nitrogens with zero attached hydrogens (tertiary/aromatic N) is 1. The highest BCUT2D eigenvalue weighted by molar-refractivity contribution is 6.31. The van der Waals surface area contributed by atoms with Gasteiger partial charge in [-0.2, -0.15) is 0 Å². The minimum absolute atomic E-state index is 0.184. The molecule has 2 aromatic rings. The Kier molecular flexibility index (Phi) is 5.87. The van der Waals surface area contributed by atoms with Crippen molar-refractivity contribution in [1.82, 2.24) is 4.57 Å². The Labute approximate surface area is 163 Å². The summed E-state index contributed by atoms with van der Waals surface area (Å²) in [5.74, 6) is -0.895. The SMILES string of the molecule is Cc1cc(C(=O)COC(=O)c2ccc(Cl)cc2N)c(C)n1C[C@H]1CCCO1. The maximum Gasteiger partial charge on any atom is 0.340 e. The lowest BCUT2D eigenvalue weighted by Crippen LogP contribution is -2.18. The Morgan fingerprint density at radius 3 is 2.74 bits per heavy atom. The molecule has 7 heteroatoms. The quantitative estimate of drug-likeness (QED) is 0.463. The zero-order valence-corrected chi connectivity index (χ0v) is 16.2. The summed E-state index contributed by atoms with van der Waals surface area (Å²) in [7, 11) is 0. The van der Waals surface area contributed by atoms with Crippen molar-refractivity contribution in [3.8, 4) is 0 Å². The number of ketones is 1. The first-order valence-corrected chi connectivity index (χ1v) is 9.28. The third-order valence-corrected chi connectivity index (χ3v) is 5.09. The minimum atomic E-state index is -0.648. The molecule has 1 aromatic carbocycles. The van der Waals surface area contributed by atoms with Crippen LogP contribution in [0.1, 0.15) is 44.9 Å². The summed E-state index contributed by atoms with van der Waals surface area (Å²) in [5, 5.41) is 0.429. The number of aromatic nitrogens is 1. The van der Waals surface area contributed by atoms with E-state index in [1.165, 1.54) is 12.1 Å². The summed E-state index contributed by atoms with van der Waals surface area (Å²) < 4.78 is 12.9. The number of benzene rings is 1. The molecule has 3 rings (SSSR count). The van der Waals surface area contributed by atoms with Crippen molar-refractivity contribution >= 4 is 29.0 Å². The Morgan fingerprint density at radius 2 is 2.07 bits per heavy atom. The summed E-state index contributed by atoms with van der Waals surface area (Å²) in [6, 6.07) is 6.34. The number of rotatable bonds is 6. The van der Waals surface area contributed by atoms with E-state index < -0.39 is 5.97 Å². The first-order valence-electron chi connectivity index (χ1n) is 8.90. The van der Waals surface area contributed by atoms with Gasteiger partial charge in [0.05, 0.1) is 11.7 Å². The fraction of sp³-hybridized carbons (Fsp3) is 0.400. The number of ether oxygens (including phenoxy) is 2. The van der Waals surface area contributed by atoms with Crippen LogP contribution in [0.2, 0.25) is 5.02 Å². The van der Waals surface area contributed by atoms with Crippen LogP contribution in [0.5, 0.6) is 0 Å². The maximum absolute atomic E-state index is 12.6. The molecule has 1 aromatic heterocycles. The number of carbonyl (C=O) groups excluding carboxylic acids is 2. The molecule has 1 fully saturated rings. The summed E-state index contributed by atoms with van der Waals surface area (Å²) in [4.78, 5) is 24.7. The molecule has 1 atom stereocenters. The van der Waals surface area contributed by atoms with Crippen molar-refractivity contribution in [2.24, 2.45) is 0 Å². The van der Waals surface area contributed by atoms with Gasteiger partial charge in [-0.3, -0.25) is 4.79 Å². The van der Waals surface area contributed by atoms with Crippen LogP contribution in [-0.4, -0.2) is 35.6 Å². The van der Waals surface area contributed by atoms with Gasteiger partial charge in [0.1, 0.15) is 0 Å². The van der Waals surface area contributed by atoms with Gasteiger partial charge in [0.25, 0.3) is 0 Å². The largest absolute Gasteiger partial charge is 0.454 e. The van der Waals surface area contributed by atoms with E-state index in [2.05, 4.69) is 4.57 Å². The van der Waals surface area contributed by atoms with Gasteiger partial charge < -0.3 is 19.8 Å². The molecule has 2 N–H and O–H groups in total. The number of halogens is 1. The zero-order valence-electron chi connectivity index (χ0n) is 15.5. The number of hydrogen-bond donors (Lipinski definition) is 1. The predicted octanol–water partition coefficient (Wildman–Crippen LogP) is 3.56. The first-order chi connectivity index (χ1) is 12.9. The van der Waals surface area contributed by atoms with Gasteiger partial charge in [-0.25, -0.2) is 4.79 Å². The highest BCUT2D eigenvalue weighted by Crippen LogP contribution is 2.22. The van der Waals surface area contributed by atoms with E-state index in [0.29, 0.717) is 10.6 Å². The first kappa shape index (κ1) is 19.5. The number of anilines is 1. The molecule has 1 aliphatic rings. The molecule has 0 bridgehead atoms. The molecular weight excluding hydrogens is 368 g/mol. The van der Waals surface area contributed by atoms with Crippen molar-refractivity contribution in [1.29, 1.82) is 0 Å². The van der Waals surface area contributed by atoms with E-state index in [0.717, 1.165) is 37.4 Å². The molecule has 144 valence electrons. The van der Waals surface area contributed by atoms with Crippen LogP contribution in [0.3, 0.4) is 0 Å². The highest BCUT2D eigenvalue weighted by atomic mass is 35.5. The third-order valence-electron chi connectivity index (χ3n) is 4.85. The maximum atomic E-state index is 12.6. The van der Waals surface area contributed by atoms with E-state index in [4.69, 9.17) is 26.8 Å².